The van der Waals surface area contributed by atoms with Crippen molar-refractivity contribution in [3.8, 4) is 0 Å². The van der Waals surface area contributed by atoms with E-state index in [9.17, 15) is 48.8 Å². The van der Waals surface area contributed by atoms with E-state index in [0.717, 1.165) is 16.7 Å². The number of carboxylic acids is 1. The monoisotopic (exact) mass is 861 g/mol. The van der Waals surface area contributed by atoms with Crippen molar-refractivity contribution in [3.05, 3.63) is 112 Å². The van der Waals surface area contributed by atoms with E-state index in [1.54, 1.807) is 22.9 Å². The number of allylic oxidation sites excluding steroid dienone is 6. The predicted molar refractivity (Wildman–Crippen MR) is 216 cm³/mol. The molecule has 0 saturated heterocycles. The first-order chi connectivity index (χ1) is 26.4. The fourth-order valence-corrected chi connectivity index (χ4v) is 8.82. The average molecular weight is 862 g/mol. The van der Waals surface area contributed by atoms with Gasteiger partial charge in [-0.2, -0.15) is 16.8 Å². The van der Waals surface area contributed by atoms with Crippen LogP contribution in [0.25, 0.3) is 5.57 Å². The largest absolute Gasteiger partial charge is 0.748 e. The molecule has 0 amide bonds. The number of anilines is 1. The van der Waals surface area contributed by atoms with Gasteiger partial charge in [-0.3, -0.25) is 13.9 Å². The van der Waals surface area contributed by atoms with E-state index in [0.29, 0.717) is 39.1 Å². The molecule has 57 heavy (non-hydrogen) atoms. The number of benzene rings is 2. The van der Waals surface area contributed by atoms with Gasteiger partial charge in [-0.15, -0.1) is 0 Å². The minimum atomic E-state index is -4.55. The molecule has 2 aromatic carbocycles. The Morgan fingerprint density at radius 1 is 0.947 bits per heavy atom. The molecule has 5 rings (SSSR count). The van der Waals surface area contributed by atoms with Gasteiger partial charge >= 0.3 is 11.8 Å². The third-order valence-corrected chi connectivity index (χ3v) is 12.7. The van der Waals surface area contributed by atoms with Gasteiger partial charge in [0.2, 0.25) is 0 Å². The number of aromatic nitrogens is 1. The Morgan fingerprint density at radius 3 is 2.32 bits per heavy atom. The summed E-state index contributed by atoms with van der Waals surface area (Å²) in [5.74, 6) is -1.43. The number of hydrogen-bond acceptors (Lipinski definition) is 10. The number of aliphatic carboxylic acids is 1. The molecule has 18 heteroatoms. The molecular weight excluding hydrogens is 818 g/mol. The van der Waals surface area contributed by atoms with E-state index in [4.69, 9.17) is 16.6 Å². The van der Waals surface area contributed by atoms with E-state index in [-0.39, 0.29) is 43.7 Å². The summed E-state index contributed by atoms with van der Waals surface area (Å²) in [6.07, 6.45) is 9.30. The summed E-state index contributed by atoms with van der Waals surface area (Å²) in [4.78, 5) is 17.9. The number of carbonyl (C=O) groups is 1. The number of pyridine rings is 1. The number of aryl methyl sites for hydroxylation is 2. The summed E-state index contributed by atoms with van der Waals surface area (Å²) in [5, 5.41) is 9.74. The third-order valence-electron chi connectivity index (χ3n) is 10.1. The first-order valence-electron chi connectivity index (χ1n) is 17.9. The molecule has 0 bridgehead atoms. The Labute approximate surface area is 338 Å². The van der Waals surface area contributed by atoms with Gasteiger partial charge < -0.3 is 14.6 Å². The fourth-order valence-electron chi connectivity index (χ4n) is 7.11. The van der Waals surface area contributed by atoms with Crippen LogP contribution in [0.15, 0.2) is 94.6 Å². The molecular formula is C39H44ClN3O11S3. The summed E-state index contributed by atoms with van der Waals surface area (Å²) in [7, 11) is -13.2. The molecule has 3 heterocycles. The second-order valence-electron chi connectivity index (χ2n) is 15.0. The summed E-state index contributed by atoms with van der Waals surface area (Å²) in [6.45, 7) is 7.99. The molecule has 0 unspecified atom stereocenters. The Morgan fingerprint density at radius 2 is 1.67 bits per heavy atom. The lowest BCUT2D eigenvalue weighted by Crippen LogP contribution is -2.36. The summed E-state index contributed by atoms with van der Waals surface area (Å²) >= 11 is 6.49. The van der Waals surface area contributed by atoms with E-state index < -0.39 is 58.7 Å². The van der Waals surface area contributed by atoms with Gasteiger partial charge in [0.25, 0.3) is 20.2 Å². The highest BCUT2D eigenvalue weighted by atomic mass is 35.5. The van der Waals surface area contributed by atoms with Crippen LogP contribution in [0.5, 0.6) is 0 Å². The summed E-state index contributed by atoms with van der Waals surface area (Å²) in [5.41, 5.74) is 3.91. The number of carboxylic acid groups (broad SMARTS) is 1. The van der Waals surface area contributed by atoms with Crippen molar-refractivity contribution in [1.82, 2.24) is 0 Å². The highest BCUT2D eigenvalue weighted by Crippen LogP contribution is 2.49. The average Bonchev–Trinajstić information content (AvgIpc) is 3.46. The number of halogens is 1. The van der Waals surface area contributed by atoms with Gasteiger partial charge in [-0.1, -0.05) is 61.9 Å². The Balaban J connectivity index is 1.63. The SMILES string of the molecule is CC1(C)C(/C=C/C(=C/C=C2/N(CCCS(=O)(=O)O)c3ccc(S(=O)(=O)O)cc3C2(C)C)c2cccc(CCC(=O)O)c2)=Nc2c1cc(Cl)c[n+]2CCCS(=O)(=O)[O-]. The number of nitrogens with zero attached hydrogens (tertiary/aromatic N) is 3. The van der Waals surface area contributed by atoms with E-state index >= 15 is 0 Å². The zero-order chi connectivity index (χ0) is 42.1. The third kappa shape index (κ3) is 10.6. The Bertz CT molecular complexity index is 2560. The Kier molecular flexibility index (Phi) is 12.7. The van der Waals surface area contributed by atoms with Crippen LogP contribution in [0.4, 0.5) is 11.5 Å². The van der Waals surface area contributed by atoms with Crippen molar-refractivity contribution in [3.63, 3.8) is 0 Å². The predicted octanol–water partition coefficient (Wildman–Crippen LogP) is 5.79. The number of fused-ring (bicyclic) bond motifs is 2. The molecule has 0 saturated carbocycles. The highest BCUT2D eigenvalue weighted by molar-refractivity contribution is 7.86. The lowest BCUT2D eigenvalue weighted by Gasteiger charge is -2.27. The Hall–Kier alpha value is -4.23. The lowest BCUT2D eigenvalue weighted by molar-refractivity contribution is -0.684. The lowest BCUT2D eigenvalue weighted by atomic mass is 9.81. The second-order valence-corrected chi connectivity index (χ2v) is 20.0. The molecule has 1 aromatic heterocycles. The van der Waals surface area contributed by atoms with Crippen LogP contribution >= 0.6 is 11.6 Å². The maximum Gasteiger partial charge on any atom is 0.327 e. The molecule has 0 atom stereocenters. The summed E-state index contributed by atoms with van der Waals surface area (Å²) < 4.78 is 102. The van der Waals surface area contributed by atoms with Gasteiger partial charge in [0.05, 0.1) is 43.3 Å². The van der Waals surface area contributed by atoms with Gasteiger partial charge in [0, 0.05) is 35.5 Å². The minimum absolute atomic E-state index is 0.0417. The first kappa shape index (κ1) is 43.9. The van der Waals surface area contributed by atoms with Gasteiger partial charge in [-0.05, 0) is 96.8 Å². The zero-order valence-electron chi connectivity index (χ0n) is 31.7. The molecule has 0 radical (unpaired) electrons. The van der Waals surface area contributed by atoms with Crippen molar-refractivity contribution in [2.24, 2.45) is 4.99 Å². The molecule has 3 aromatic rings. The maximum absolute atomic E-state index is 12.1. The first-order valence-corrected chi connectivity index (χ1v) is 22.9. The van der Waals surface area contributed by atoms with Gasteiger partial charge in [0.15, 0.2) is 5.71 Å². The normalized spacial score (nSPS) is 17.3. The minimum Gasteiger partial charge on any atom is -0.748 e. The molecule has 0 fully saturated rings. The van der Waals surface area contributed by atoms with E-state index in [2.05, 4.69) is 0 Å². The van der Waals surface area contributed by atoms with Gasteiger partial charge in [-0.25, -0.2) is 13.0 Å². The van der Waals surface area contributed by atoms with Crippen molar-refractivity contribution < 1.29 is 53.4 Å². The molecule has 3 N–H and O–H groups in total. The molecule has 2 aliphatic rings. The highest BCUT2D eigenvalue weighted by Gasteiger charge is 2.43. The number of aliphatic imine (C=N–C) groups is 1. The maximum atomic E-state index is 12.1. The number of hydrogen-bond donors (Lipinski definition) is 3. The molecule has 14 nitrogen and oxygen atoms in total. The zero-order valence-corrected chi connectivity index (χ0v) is 34.9. The van der Waals surface area contributed by atoms with Crippen molar-refractivity contribution in [2.75, 3.05) is 23.0 Å². The van der Waals surface area contributed by atoms with Gasteiger partial charge in [0.1, 0.15) is 6.20 Å². The van der Waals surface area contributed by atoms with Crippen LogP contribution in [0.3, 0.4) is 0 Å². The van der Waals surface area contributed by atoms with E-state index in [1.165, 1.54) is 12.1 Å². The fraction of sp³-hybridized carbons (Fsp3) is 0.359. The van der Waals surface area contributed by atoms with Crippen LogP contribution in [-0.2, 0) is 58.9 Å². The summed E-state index contributed by atoms with van der Waals surface area (Å²) in [6, 6.07) is 13.4. The molecule has 2 aliphatic heterocycles. The van der Waals surface area contributed by atoms with Crippen molar-refractivity contribution in [1.29, 1.82) is 0 Å². The van der Waals surface area contributed by atoms with Crippen LogP contribution in [0.2, 0.25) is 5.02 Å². The van der Waals surface area contributed by atoms with Crippen LogP contribution in [0.1, 0.15) is 69.2 Å². The topological polar surface area (TPSA) is 223 Å². The smallest absolute Gasteiger partial charge is 0.327 e. The van der Waals surface area contributed by atoms with Crippen LogP contribution in [-0.4, -0.2) is 73.7 Å². The van der Waals surface area contributed by atoms with Crippen LogP contribution in [0, 0.1) is 0 Å². The van der Waals surface area contributed by atoms with Crippen molar-refractivity contribution >= 4 is 70.7 Å². The molecule has 306 valence electrons. The molecule has 0 aliphatic carbocycles. The number of rotatable bonds is 16. The second kappa shape index (κ2) is 16.6. The van der Waals surface area contributed by atoms with Crippen LogP contribution < -0.4 is 9.47 Å². The van der Waals surface area contributed by atoms with Crippen molar-refractivity contribution in [2.45, 2.75) is 75.6 Å². The quantitative estimate of drug-likeness (QED) is 0.0885. The standard InChI is InChI=1S/C39H44ClN3O11S3/c1-38(2)32-23-29(40)25-42(18-6-20-55(46,47)48)37(32)41-34(38)15-11-27(28-9-5-8-26(22-28)10-17-36(44)45)12-16-35-39(3,4)31-24-30(57(52,53)54)13-14-33(31)43(35)19-7-21-56(49,50)51/h5,8-9,11-16,22-25H,6-7,10,17-21H2,1-4H3,(H3-,44,45,46,47,48,49,50,51,52,53,54). The van der Waals surface area contributed by atoms with E-state index in [1.807, 2.05) is 81.2 Å². The molecule has 0 spiro atoms.